The Morgan fingerprint density at radius 3 is 2.79 bits per heavy atom. The van der Waals surface area contributed by atoms with Gasteiger partial charge in [0.15, 0.2) is 0 Å². The normalized spacial score (nSPS) is 32.3. The zero-order valence-corrected chi connectivity index (χ0v) is 15.9. The van der Waals surface area contributed by atoms with Crippen LogP contribution in [0.15, 0.2) is 18.2 Å². The Balaban J connectivity index is 1.57. The van der Waals surface area contributed by atoms with Gasteiger partial charge < -0.3 is 10.2 Å². The first-order chi connectivity index (χ1) is 11.6. The van der Waals surface area contributed by atoms with Crippen molar-refractivity contribution in [3.05, 3.63) is 28.8 Å². The molecule has 1 aromatic heterocycles. The Kier molecular flexibility index (Phi) is 4.63. The van der Waals surface area contributed by atoms with Gasteiger partial charge in [0.05, 0.1) is 15.2 Å². The van der Waals surface area contributed by atoms with Crippen LogP contribution in [-0.4, -0.2) is 36.6 Å². The first kappa shape index (κ1) is 16.5. The first-order valence-electron chi connectivity index (χ1n) is 9.41. The molecule has 24 heavy (non-hydrogen) atoms. The fourth-order valence-electron chi connectivity index (χ4n) is 4.43. The molecule has 2 aliphatic rings. The van der Waals surface area contributed by atoms with Crippen molar-refractivity contribution in [2.45, 2.75) is 45.1 Å². The summed E-state index contributed by atoms with van der Waals surface area (Å²) in [4.78, 5) is 7.50. The molecule has 3 nitrogen and oxygen atoms in total. The molecular weight excluding hydrogens is 314 g/mol. The molecule has 2 aliphatic heterocycles. The fraction of sp³-hybridized carbons (Fsp3) is 0.650. The zero-order chi connectivity index (χ0) is 16.7. The summed E-state index contributed by atoms with van der Waals surface area (Å²) in [6.07, 6.45) is 3.85. The molecule has 2 saturated heterocycles. The number of likely N-dealkylation sites (tertiary alicyclic amines) is 1. The van der Waals surface area contributed by atoms with Gasteiger partial charge >= 0.3 is 0 Å². The molecule has 1 aromatic carbocycles. The van der Waals surface area contributed by atoms with E-state index in [9.17, 15) is 0 Å². The lowest BCUT2D eigenvalue weighted by Crippen LogP contribution is -2.35. The van der Waals surface area contributed by atoms with Crippen molar-refractivity contribution in [2.24, 2.45) is 11.8 Å². The average molecular weight is 344 g/mol. The van der Waals surface area contributed by atoms with Gasteiger partial charge in [-0.1, -0.05) is 19.9 Å². The number of thiazole rings is 1. The van der Waals surface area contributed by atoms with E-state index in [1.807, 2.05) is 11.3 Å². The van der Waals surface area contributed by atoms with Crippen LogP contribution in [0.1, 0.15) is 55.6 Å². The Labute approximate surface area is 149 Å². The van der Waals surface area contributed by atoms with Crippen molar-refractivity contribution in [2.75, 3.05) is 26.7 Å². The molecule has 2 aromatic rings. The molecule has 0 aliphatic carbocycles. The van der Waals surface area contributed by atoms with E-state index in [-0.39, 0.29) is 0 Å². The van der Waals surface area contributed by atoms with E-state index in [4.69, 9.17) is 4.98 Å². The third kappa shape index (κ3) is 3.37. The summed E-state index contributed by atoms with van der Waals surface area (Å²) in [6, 6.07) is 7.45. The van der Waals surface area contributed by atoms with E-state index >= 15 is 0 Å². The third-order valence-electron chi connectivity index (χ3n) is 5.68. The van der Waals surface area contributed by atoms with Crippen molar-refractivity contribution in [1.29, 1.82) is 0 Å². The summed E-state index contributed by atoms with van der Waals surface area (Å²) >= 11 is 1.91. The Bertz CT molecular complexity index is 692. The number of rotatable bonds is 2. The summed E-state index contributed by atoms with van der Waals surface area (Å²) in [7, 11) is 2.24. The molecule has 2 unspecified atom stereocenters. The smallest absolute Gasteiger partial charge is 0.0982 e. The number of benzene rings is 1. The van der Waals surface area contributed by atoms with Crippen molar-refractivity contribution in [3.63, 3.8) is 0 Å². The van der Waals surface area contributed by atoms with Crippen LogP contribution in [0.3, 0.4) is 0 Å². The quantitative estimate of drug-likeness (QED) is 0.875. The van der Waals surface area contributed by atoms with Crippen LogP contribution in [0.2, 0.25) is 0 Å². The molecular formula is C20H29N3S. The van der Waals surface area contributed by atoms with Crippen molar-refractivity contribution < 1.29 is 0 Å². The summed E-state index contributed by atoms with van der Waals surface area (Å²) in [5.41, 5.74) is 2.62. The molecule has 0 spiro atoms. The summed E-state index contributed by atoms with van der Waals surface area (Å²) in [5.74, 6) is 2.18. The van der Waals surface area contributed by atoms with Crippen LogP contribution in [-0.2, 0) is 0 Å². The van der Waals surface area contributed by atoms with Gasteiger partial charge in [0.2, 0.25) is 0 Å². The number of aromatic nitrogens is 1. The van der Waals surface area contributed by atoms with E-state index in [1.54, 1.807) is 0 Å². The lowest BCUT2D eigenvalue weighted by atomic mass is 9.91. The second kappa shape index (κ2) is 6.74. The molecule has 0 radical (unpaired) electrons. The molecule has 2 fully saturated rings. The van der Waals surface area contributed by atoms with E-state index in [0.29, 0.717) is 12.0 Å². The molecule has 4 atom stereocenters. The number of nitrogens with one attached hydrogen (secondary N) is 1. The lowest BCUT2D eigenvalue weighted by molar-refractivity contribution is 0.198. The minimum absolute atomic E-state index is 0.511. The highest BCUT2D eigenvalue weighted by atomic mass is 32.1. The Morgan fingerprint density at radius 2 is 2.04 bits per heavy atom. The fourth-order valence-corrected chi connectivity index (χ4v) is 5.49. The van der Waals surface area contributed by atoms with Crippen LogP contribution in [0, 0.1) is 11.8 Å². The second-order valence-corrected chi connectivity index (χ2v) is 9.24. The van der Waals surface area contributed by atoms with Gasteiger partial charge in [-0.15, -0.1) is 11.3 Å². The Morgan fingerprint density at radius 1 is 1.17 bits per heavy atom. The van der Waals surface area contributed by atoms with Crippen molar-refractivity contribution in [1.82, 2.24) is 15.2 Å². The van der Waals surface area contributed by atoms with Crippen LogP contribution in [0.5, 0.6) is 0 Å². The van der Waals surface area contributed by atoms with Gasteiger partial charge in [-0.05, 0) is 62.4 Å². The SMILES string of the molecule is CC1CC(c2nc3cc([C@H]4CC[C@H](C)CN4)ccc3s2)CN(C)C1. The number of fused-ring (bicyclic) bond motifs is 1. The highest BCUT2D eigenvalue weighted by Gasteiger charge is 2.26. The largest absolute Gasteiger partial charge is 0.310 e. The molecule has 4 heteroatoms. The molecule has 1 N–H and O–H groups in total. The number of hydrogen-bond donors (Lipinski definition) is 1. The second-order valence-electron chi connectivity index (χ2n) is 8.18. The Hall–Kier alpha value is -0.970. The maximum Gasteiger partial charge on any atom is 0.0982 e. The predicted octanol–water partition coefficient (Wildman–Crippen LogP) is 4.41. The van der Waals surface area contributed by atoms with Crippen molar-refractivity contribution >= 4 is 21.6 Å². The van der Waals surface area contributed by atoms with Gasteiger partial charge in [-0.25, -0.2) is 4.98 Å². The average Bonchev–Trinajstić information content (AvgIpc) is 2.98. The number of likely N-dealkylation sites (N-methyl/N-ethyl adjacent to an activating group) is 1. The van der Waals surface area contributed by atoms with Crippen LogP contribution in [0.25, 0.3) is 10.2 Å². The van der Waals surface area contributed by atoms with E-state index < -0.39 is 0 Å². The molecule has 0 saturated carbocycles. The maximum absolute atomic E-state index is 5.04. The number of nitrogens with zero attached hydrogens (tertiary/aromatic N) is 2. The van der Waals surface area contributed by atoms with Gasteiger partial charge in [0.25, 0.3) is 0 Å². The topological polar surface area (TPSA) is 28.2 Å². The van der Waals surface area contributed by atoms with Gasteiger partial charge in [-0.2, -0.15) is 0 Å². The summed E-state index contributed by atoms with van der Waals surface area (Å²) < 4.78 is 1.35. The lowest BCUT2D eigenvalue weighted by Gasteiger charge is -2.32. The number of hydrogen-bond acceptors (Lipinski definition) is 4. The van der Waals surface area contributed by atoms with Crippen LogP contribution >= 0.6 is 11.3 Å². The molecule has 0 amide bonds. The summed E-state index contributed by atoms with van der Waals surface area (Å²) in [6.45, 7) is 8.21. The van der Waals surface area contributed by atoms with Gasteiger partial charge in [0.1, 0.15) is 0 Å². The van der Waals surface area contributed by atoms with Gasteiger partial charge in [-0.3, -0.25) is 0 Å². The minimum atomic E-state index is 0.511. The molecule has 3 heterocycles. The highest BCUT2D eigenvalue weighted by molar-refractivity contribution is 7.18. The van der Waals surface area contributed by atoms with E-state index in [1.165, 1.54) is 46.6 Å². The monoisotopic (exact) mass is 343 g/mol. The molecule has 4 rings (SSSR count). The standard InChI is InChI=1S/C20H29N3S/c1-13-4-6-17(21-10-13)15-5-7-19-18(9-15)22-20(24-19)16-8-14(2)11-23(3)12-16/h5,7,9,13-14,16-17,21H,4,6,8,10-12H2,1-3H3/t13-,14?,16?,17+/m0/s1. The van der Waals surface area contributed by atoms with Crippen LogP contribution in [0.4, 0.5) is 0 Å². The maximum atomic E-state index is 5.04. The zero-order valence-electron chi connectivity index (χ0n) is 15.1. The predicted molar refractivity (Wildman–Crippen MR) is 103 cm³/mol. The van der Waals surface area contributed by atoms with Crippen molar-refractivity contribution in [3.8, 4) is 0 Å². The molecule has 130 valence electrons. The third-order valence-corrected chi connectivity index (χ3v) is 6.88. The minimum Gasteiger partial charge on any atom is -0.310 e. The van der Waals surface area contributed by atoms with E-state index in [2.05, 4.69) is 49.3 Å². The van der Waals surface area contributed by atoms with Gasteiger partial charge in [0, 0.05) is 25.0 Å². The highest BCUT2D eigenvalue weighted by Crippen LogP contribution is 2.36. The first-order valence-corrected chi connectivity index (χ1v) is 10.2. The van der Waals surface area contributed by atoms with Crippen LogP contribution < -0.4 is 5.32 Å². The number of piperidine rings is 2. The van der Waals surface area contributed by atoms with E-state index in [0.717, 1.165) is 24.9 Å². The molecule has 0 bridgehead atoms. The summed E-state index contributed by atoms with van der Waals surface area (Å²) in [5, 5.41) is 5.04.